The number of aliphatic carboxylic acids is 1. The lowest BCUT2D eigenvalue weighted by molar-refractivity contribution is -0.140. The lowest BCUT2D eigenvalue weighted by Gasteiger charge is -2.18. The molecule has 0 aliphatic heterocycles. The van der Waals surface area contributed by atoms with E-state index in [1.54, 1.807) is 49.4 Å². The largest absolute Gasteiger partial charge is 0.488 e. The Morgan fingerprint density at radius 2 is 2.04 bits per heavy atom. The van der Waals surface area contributed by atoms with Crippen molar-refractivity contribution in [2.45, 2.75) is 26.5 Å². The van der Waals surface area contributed by atoms with Gasteiger partial charge >= 0.3 is 5.97 Å². The number of carbonyl (C=O) groups is 2. The van der Waals surface area contributed by atoms with Crippen molar-refractivity contribution in [3.8, 4) is 5.75 Å². The number of carboxylic acid groups (broad SMARTS) is 1. The molecule has 122 valence electrons. The second-order valence-electron chi connectivity index (χ2n) is 5.43. The van der Waals surface area contributed by atoms with Gasteiger partial charge in [-0.1, -0.05) is 26.0 Å². The number of ether oxygens (including phenoxy) is 1. The minimum absolute atomic E-state index is 0.199. The highest BCUT2D eigenvalue weighted by atomic mass is 32.1. The molecule has 0 saturated carbocycles. The average molecular weight is 333 g/mol. The van der Waals surface area contributed by atoms with Crippen molar-refractivity contribution in [2.75, 3.05) is 0 Å². The van der Waals surface area contributed by atoms with Gasteiger partial charge in [-0.3, -0.25) is 4.79 Å². The zero-order chi connectivity index (χ0) is 16.8. The van der Waals surface area contributed by atoms with Crippen LogP contribution in [0.5, 0.6) is 5.75 Å². The summed E-state index contributed by atoms with van der Waals surface area (Å²) in [5, 5.41) is 13.7. The molecule has 1 atom stereocenters. The van der Waals surface area contributed by atoms with Crippen molar-refractivity contribution >= 4 is 23.2 Å². The van der Waals surface area contributed by atoms with Crippen LogP contribution in [-0.2, 0) is 11.4 Å². The Kier molecular flexibility index (Phi) is 5.76. The number of hydrogen-bond donors (Lipinski definition) is 2. The van der Waals surface area contributed by atoms with Gasteiger partial charge in [-0.05, 0) is 35.6 Å². The predicted molar refractivity (Wildman–Crippen MR) is 88.8 cm³/mol. The molecule has 1 aromatic carbocycles. The molecule has 2 aromatic rings. The first kappa shape index (κ1) is 17.0. The molecule has 0 bridgehead atoms. The standard InChI is InChI=1S/C17H19NO4S/c1-11(2)15(17(20)21)18-16(19)12-5-3-6-13(9-12)22-10-14-7-4-8-23-14/h3-9,11,15H,10H2,1-2H3,(H,18,19)(H,20,21)/t15-/m0/s1. The van der Waals surface area contributed by atoms with E-state index in [1.165, 1.54) is 0 Å². The van der Waals surface area contributed by atoms with Gasteiger partial charge in [0.05, 0.1) is 0 Å². The maximum absolute atomic E-state index is 12.2. The maximum Gasteiger partial charge on any atom is 0.326 e. The van der Waals surface area contributed by atoms with E-state index in [-0.39, 0.29) is 5.92 Å². The van der Waals surface area contributed by atoms with Gasteiger partial charge in [0.25, 0.3) is 5.91 Å². The number of carboxylic acids is 1. The smallest absolute Gasteiger partial charge is 0.326 e. The van der Waals surface area contributed by atoms with Crippen LogP contribution in [0.2, 0.25) is 0 Å². The molecule has 0 fully saturated rings. The molecular formula is C17H19NO4S. The minimum Gasteiger partial charge on any atom is -0.488 e. The Balaban J connectivity index is 2.03. The van der Waals surface area contributed by atoms with Crippen LogP contribution in [0.1, 0.15) is 29.1 Å². The first-order chi connectivity index (χ1) is 11.0. The molecule has 0 aliphatic carbocycles. The lowest BCUT2D eigenvalue weighted by Crippen LogP contribution is -2.44. The minimum atomic E-state index is -1.04. The second-order valence-corrected chi connectivity index (χ2v) is 6.46. The van der Waals surface area contributed by atoms with E-state index < -0.39 is 17.9 Å². The zero-order valence-corrected chi connectivity index (χ0v) is 13.8. The highest BCUT2D eigenvalue weighted by Crippen LogP contribution is 2.17. The molecule has 23 heavy (non-hydrogen) atoms. The molecular weight excluding hydrogens is 314 g/mol. The van der Waals surface area contributed by atoms with Gasteiger partial charge in [0.15, 0.2) is 0 Å². The highest BCUT2D eigenvalue weighted by Gasteiger charge is 2.24. The maximum atomic E-state index is 12.2. The summed E-state index contributed by atoms with van der Waals surface area (Å²) in [5.41, 5.74) is 0.376. The second kappa shape index (κ2) is 7.78. The Bertz CT molecular complexity index is 667. The topological polar surface area (TPSA) is 75.6 Å². The summed E-state index contributed by atoms with van der Waals surface area (Å²) < 4.78 is 5.66. The number of nitrogens with one attached hydrogen (secondary N) is 1. The monoisotopic (exact) mass is 333 g/mol. The molecule has 2 rings (SSSR count). The average Bonchev–Trinajstić information content (AvgIpc) is 3.03. The third-order valence-corrected chi connectivity index (χ3v) is 4.13. The quantitative estimate of drug-likeness (QED) is 0.816. The van der Waals surface area contributed by atoms with Crippen molar-refractivity contribution in [1.82, 2.24) is 5.32 Å². The summed E-state index contributed by atoms with van der Waals surface area (Å²) in [6.45, 7) is 3.94. The predicted octanol–water partition coefficient (Wildman–Crippen LogP) is 3.17. The number of benzene rings is 1. The van der Waals surface area contributed by atoms with Gasteiger partial charge in [-0.25, -0.2) is 4.79 Å². The van der Waals surface area contributed by atoms with Gasteiger partial charge in [0.2, 0.25) is 0 Å². The number of hydrogen-bond acceptors (Lipinski definition) is 4. The van der Waals surface area contributed by atoms with E-state index in [1.807, 2.05) is 17.5 Å². The fourth-order valence-electron chi connectivity index (χ4n) is 2.01. The van der Waals surface area contributed by atoms with Crippen LogP contribution in [0.3, 0.4) is 0 Å². The molecule has 6 heteroatoms. The summed E-state index contributed by atoms with van der Waals surface area (Å²) in [5.74, 6) is -1.09. The molecule has 0 aliphatic rings. The third-order valence-electron chi connectivity index (χ3n) is 3.28. The van der Waals surface area contributed by atoms with Crippen LogP contribution in [-0.4, -0.2) is 23.0 Å². The summed E-state index contributed by atoms with van der Waals surface area (Å²) in [6, 6.07) is 9.73. The molecule has 2 N–H and O–H groups in total. The summed E-state index contributed by atoms with van der Waals surface area (Å²) in [7, 11) is 0. The number of carbonyl (C=O) groups excluding carboxylic acids is 1. The molecule has 0 unspecified atom stereocenters. The fourth-order valence-corrected chi connectivity index (χ4v) is 2.63. The van der Waals surface area contributed by atoms with Gasteiger partial charge in [0, 0.05) is 10.4 Å². The van der Waals surface area contributed by atoms with Crippen molar-refractivity contribution in [2.24, 2.45) is 5.92 Å². The first-order valence-electron chi connectivity index (χ1n) is 7.26. The van der Waals surface area contributed by atoms with Gasteiger partial charge in [0.1, 0.15) is 18.4 Å². The highest BCUT2D eigenvalue weighted by molar-refractivity contribution is 7.09. The van der Waals surface area contributed by atoms with E-state index in [4.69, 9.17) is 9.84 Å². The van der Waals surface area contributed by atoms with E-state index in [0.29, 0.717) is 17.9 Å². The van der Waals surface area contributed by atoms with E-state index in [9.17, 15) is 9.59 Å². The Labute approximate surface area is 138 Å². The van der Waals surface area contributed by atoms with E-state index in [2.05, 4.69) is 5.32 Å². The van der Waals surface area contributed by atoms with E-state index in [0.717, 1.165) is 4.88 Å². The fraction of sp³-hybridized carbons (Fsp3) is 0.294. The van der Waals surface area contributed by atoms with Crippen LogP contribution < -0.4 is 10.1 Å². The first-order valence-corrected chi connectivity index (χ1v) is 8.14. The summed E-state index contributed by atoms with van der Waals surface area (Å²) >= 11 is 1.60. The molecule has 0 radical (unpaired) electrons. The number of rotatable bonds is 7. The molecule has 0 spiro atoms. The van der Waals surface area contributed by atoms with Crippen molar-refractivity contribution in [3.05, 3.63) is 52.2 Å². The van der Waals surface area contributed by atoms with Crippen LogP contribution in [0.15, 0.2) is 41.8 Å². The summed E-state index contributed by atoms with van der Waals surface area (Å²) in [6.07, 6.45) is 0. The Hall–Kier alpha value is -2.34. The van der Waals surface area contributed by atoms with Crippen molar-refractivity contribution in [1.29, 1.82) is 0 Å². The van der Waals surface area contributed by atoms with Gasteiger partial charge < -0.3 is 15.2 Å². The molecule has 5 nitrogen and oxygen atoms in total. The molecule has 1 heterocycles. The molecule has 0 saturated heterocycles. The lowest BCUT2D eigenvalue weighted by atomic mass is 10.0. The van der Waals surface area contributed by atoms with Crippen molar-refractivity contribution < 1.29 is 19.4 Å². The summed E-state index contributed by atoms with van der Waals surface area (Å²) in [4.78, 5) is 24.5. The van der Waals surface area contributed by atoms with Crippen LogP contribution in [0.4, 0.5) is 0 Å². The number of amides is 1. The Morgan fingerprint density at radius 1 is 1.26 bits per heavy atom. The van der Waals surface area contributed by atoms with Gasteiger partial charge in [-0.15, -0.1) is 11.3 Å². The van der Waals surface area contributed by atoms with Crippen molar-refractivity contribution in [3.63, 3.8) is 0 Å². The number of thiophene rings is 1. The normalized spacial score (nSPS) is 12.0. The van der Waals surface area contributed by atoms with Crippen LogP contribution in [0, 0.1) is 5.92 Å². The third kappa shape index (κ3) is 4.82. The van der Waals surface area contributed by atoms with Crippen LogP contribution in [0.25, 0.3) is 0 Å². The molecule has 1 amide bonds. The molecule has 1 aromatic heterocycles. The Morgan fingerprint density at radius 3 is 2.65 bits per heavy atom. The van der Waals surface area contributed by atoms with Gasteiger partial charge in [-0.2, -0.15) is 0 Å². The van der Waals surface area contributed by atoms with E-state index >= 15 is 0 Å². The SMILES string of the molecule is CC(C)[C@H](NC(=O)c1cccc(OCc2cccs2)c1)C(=O)O. The zero-order valence-electron chi connectivity index (χ0n) is 13.0. The van der Waals surface area contributed by atoms with Crippen LogP contribution >= 0.6 is 11.3 Å².